The molecule has 2 unspecified atom stereocenters. The van der Waals surface area contributed by atoms with Crippen LogP contribution in [0.2, 0.25) is 0 Å². The van der Waals surface area contributed by atoms with E-state index in [1.807, 2.05) is 24.3 Å². The molecule has 0 bridgehead atoms. The Morgan fingerprint density at radius 1 is 1.26 bits per heavy atom. The first-order valence-corrected chi connectivity index (χ1v) is 9.07. The number of hydrogen-bond acceptors (Lipinski definition) is 4. The van der Waals surface area contributed by atoms with Gasteiger partial charge in [0.2, 0.25) is 5.91 Å². The van der Waals surface area contributed by atoms with Crippen LogP contribution in [-0.4, -0.2) is 38.4 Å². The molecule has 27 heavy (non-hydrogen) atoms. The third-order valence-corrected chi connectivity index (χ3v) is 4.55. The summed E-state index contributed by atoms with van der Waals surface area (Å²) < 4.78 is 30.0. The lowest BCUT2D eigenvalue weighted by atomic mass is 10.0. The zero-order valence-electron chi connectivity index (χ0n) is 15.3. The molecule has 1 amide bonds. The van der Waals surface area contributed by atoms with Crippen molar-refractivity contribution < 1.29 is 23.4 Å². The van der Waals surface area contributed by atoms with Crippen LogP contribution in [0.15, 0.2) is 48.5 Å². The zero-order valence-corrected chi connectivity index (χ0v) is 15.3. The van der Waals surface area contributed by atoms with E-state index in [0.29, 0.717) is 38.2 Å². The van der Waals surface area contributed by atoms with E-state index in [1.54, 1.807) is 19.2 Å². The zero-order chi connectivity index (χ0) is 19.1. The van der Waals surface area contributed by atoms with Crippen molar-refractivity contribution in [2.75, 3.05) is 20.3 Å². The van der Waals surface area contributed by atoms with E-state index in [0.717, 1.165) is 11.3 Å². The van der Waals surface area contributed by atoms with Crippen LogP contribution in [-0.2, 0) is 16.0 Å². The average molecular weight is 373 g/mol. The molecule has 0 aromatic heterocycles. The Hall–Kier alpha value is -2.60. The Morgan fingerprint density at radius 2 is 2.11 bits per heavy atom. The van der Waals surface area contributed by atoms with Gasteiger partial charge in [-0.25, -0.2) is 4.39 Å². The molecular formula is C21H24FNO4. The average Bonchev–Trinajstić information content (AvgIpc) is 2.68. The molecular weight excluding hydrogens is 349 g/mol. The minimum absolute atomic E-state index is 0.0550. The maximum Gasteiger partial charge on any atom is 0.220 e. The molecule has 1 aliphatic heterocycles. The molecule has 5 nitrogen and oxygen atoms in total. The summed E-state index contributed by atoms with van der Waals surface area (Å²) >= 11 is 0. The fraction of sp³-hybridized carbons (Fsp3) is 0.381. The van der Waals surface area contributed by atoms with Crippen molar-refractivity contribution in [2.45, 2.75) is 31.4 Å². The van der Waals surface area contributed by atoms with Crippen molar-refractivity contribution in [3.8, 4) is 11.5 Å². The van der Waals surface area contributed by atoms with E-state index in [9.17, 15) is 9.18 Å². The third-order valence-electron chi connectivity index (χ3n) is 4.55. The summed E-state index contributed by atoms with van der Waals surface area (Å²) in [4.78, 5) is 12.4. The summed E-state index contributed by atoms with van der Waals surface area (Å²) in [5, 5.41) is 3.03. The molecule has 0 aliphatic carbocycles. The van der Waals surface area contributed by atoms with E-state index in [1.165, 1.54) is 12.1 Å². The molecule has 6 heteroatoms. The fourth-order valence-corrected chi connectivity index (χ4v) is 3.14. The molecule has 3 rings (SSSR count). The molecule has 0 radical (unpaired) electrons. The monoisotopic (exact) mass is 373 g/mol. The van der Waals surface area contributed by atoms with Gasteiger partial charge in [-0.2, -0.15) is 0 Å². The number of benzene rings is 2. The first kappa shape index (κ1) is 19.2. The van der Waals surface area contributed by atoms with Crippen LogP contribution in [0.1, 0.15) is 18.4 Å². The second-order valence-corrected chi connectivity index (χ2v) is 6.46. The van der Waals surface area contributed by atoms with Gasteiger partial charge in [0.15, 0.2) is 0 Å². The van der Waals surface area contributed by atoms with E-state index >= 15 is 0 Å². The topological polar surface area (TPSA) is 56.8 Å². The smallest absolute Gasteiger partial charge is 0.220 e. The SMILES string of the molecule is COc1ccccc1CCC(=O)NC1CCOCC1Oc1cccc(F)c1. The van der Waals surface area contributed by atoms with Crippen LogP contribution in [0.4, 0.5) is 4.39 Å². The largest absolute Gasteiger partial charge is 0.496 e. The molecule has 2 aromatic carbocycles. The number of methoxy groups -OCH3 is 1. The molecule has 1 aliphatic rings. The van der Waals surface area contributed by atoms with Crippen molar-refractivity contribution in [3.63, 3.8) is 0 Å². The maximum absolute atomic E-state index is 13.4. The van der Waals surface area contributed by atoms with Gasteiger partial charge in [0, 0.05) is 19.1 Å². The van der Waals surface area contributed by atoms with Gasteiger partial charge in [-0.05, 0) is 36.6 Å². The van der Waals surface area contributed by atoms with E-state index in [2.05, 4.69) is 5.32 Å². The number of para-hydroxylation sites is 1. The van der Waals surface area contributed by atoms with Crippen LogP contribution < -0.4 is 14.8 Å². The third kappa shape index (κ3) is 5.44. The normalized spacial score (nSPS) is 19.3. The number of aryl methyl sites for hydroxylation is 1. The van der Waals surface area contributed by atoms with Gasteiger partial charge in [0.05, 0.1) is 19.8 Å². The Morgan fingerprint density at radius 3 is 2.93 bits per heavy atom. The Labute approximate surface area is 158 Å². The minimum Gasteiger partial charge on any atom is -0.496 e. The first-order chi connectivity index (χ1) is 13.2. The van der Waals surface area contributed by atoms with Gasteiger partial charge in [-0.1, -0.05) is 24.3 Å². The van der Waals surface area contributed by atoms with Crippen molar-refractivity contribution in [3.05, 3.63) is 59.9 Å². The van der Waals surface area contributed by atoms with Gasteiger partial charge in [-0.15, -0.1) is 0 Å². The van der Waals surface area contributed by atoms with Crippen molar-refractivity contribution in [2.24, 2.45) is 0 Å². The molecule has 144 valence electrons. The van der Waals surface area contributed by atoms with Crippen LogP contribution >= 0.6 is 0 Å². The quantitative estimate of drug-likeness (QED) is 0.810. The number of ether oxygens (including phenoxy) is 3. The minimum atomic E-state index is -0.360. The summed E-state index contributed by atoms with van der Waals surface area (Å²) in [5.74, 6) is 0.796. The Kier molecular flexibility index (Phi) is 6.65. The lowest BCUT2D eigenvalue weighted by Gasteiger charge is -2.32. The lowest BCUT2D eigenvalue weighted by Crippen LogP contribution is -2.51. The molecule has 0 saturated carbocycles. The van der Waals surface area contributed by atoms with Gasteiger partial charge < -0.3 is 19.5 Å². The highest BCUT2D eigenvalue weighted by Gasteiger charge is 2.29. The molecule has 2 aromatic rings. The highest BCUT2D eigenvalue weighted by atomic mass is 19.1. The number of amides is 1. The van der Waals surface area contributed by atoms with Crippen LogP contribution in [0, 0.1) is 5.82 Å². The van der Waals surface area contributed by atoms with E-state index < -0.39 is 0 Å². The Balaban J connectivity index is 1.56. The molecule has 1 heterocycles. The summed E-state index contributed by atoms with van der Waals surface area (Å²) in [6, 6.07) is 13.5. The second-order valence-electron chi connectivity index (χ2n) is 6.46. The molecule has 1 fully saturated rings. The lowest BCUT2D eigenvalue weighted by molar-refractivity contribution is -0.123. The van der Waals surface area contributed by atoms with E-state index in [4.69, 9.17) is 14.2 Å². The molecule has 1 saturated heterocycles. The number of nitrogens with one attached hydrogen (secondary N) is 1. The summed E-state index contributed by atoms with van der Waals surface area (Å²) in [6.07, 6.45) is 1.25. The number of halogens is 1. The number of carbonyl (C=O) groups is 1. The fourth-order valence-electron chi connectivity index (χ4n) is 3.14. The van der Waals surface area contributed by atoms with Gasteiger partial charge in [0.25, 0.3) is 0 Å². The number of hydrogen-bond donors (Lipinski definition) is 1. The molecule has 2 atom stereocenters. The predicted octanol–water partition coefficient (Wildman–Crippen LogP) is 3.12. The summed E-state index contributed by atoms with van der Waals surface area (Å²) in [5.41, 5.74) is 0.995. The summed E-state index contributed by atoms with van der Waals surface area (Å²) in [6.45, 7) is 0.911. The van der Waals surface area contributed by atoms with E-state index in [-0.39, 0.29) is 23.9 Å². The number of carbonyl (C=O) groups excluding carboxylic acids is 1. The van der Waals surface area contributed by atoms with Crippen LogP contribution in [0.5, 0.6) is 11.5 Å². The van der Waals surface area contributed by atoms with Crippen LogP contribution in [0.3, 0.4) is 0 Å². The van der Waals surface area contributed by atoms with Gasteiger partial charge in [-0.3, -0.25) is 4.79 Å². The number of rotatable bonds is 7. The van der Waals surface area contributed by atoms with Crippen LogP contribution in [0.25, 0.3) is 0 Å². The Bertz CT molecular complexity index is 767. The van der Waals surface area contributed by atoms with Crippen molar-refractivity contribution in [1.82, 2.24) is 5.32 Å². The highest BCUT2D eigenvalue weighted by molar-refractivity contribution is 5.76. The van der Waals surface area contributed by atoms with Crippen molar-refractivity contribution >= 4 is 5.91 Å². The maximum atomic E-state index is 13.4. The highest BCUT2D eigenvalue weighted by Crippen LogP contribution is 2.20. The van der Waals surface area contributed by atoms with Gasteiger partial charge >= 0.3 is 0 Å². The first-order valence-electron chi connectivity index (χ1n) is 9.07. The van der Waals surface area contributed by atoms with Gasteiger partial charge in [0.1, 0.15) is 23.4 Å². The van der Waals surface area contributed by atoms with Crippen molar-refractivity contribution in [1.29, 1.82) is 0 Å². The predicted molar refractivity (Wildman–Crippen MR) is 99.5 cm³/mol. The molecule has 0 spiro atoms. The summed E-state index contributed by atoms with van der Waals surface area (Å²) in [7, 11) is 1.62. The molecule has 1 N–H and O–H groups in total. The second kappa shape index (κ2) is 9.37. The standard InChI is InChI=1S/C21H24FNO4/c1-25-19-8-3-2-5-15(19)9-10-21(24)23-18-11-12-26-14-20(18)27-17-7-4-6-16(22)13-17/h2-8,13,18,20H,9-12,14H2,1H3,(H,23,24).